The minimum atomic E-state index is -3.24. The van der Waals surface area contributed by atoms with Crippen LogP contribution < -0.4 is 10.4 Å². The average Bonchev–Trinajstić information content (AvgIpc) is 2.31. The first-order valence-corrected chi connectivity index (χ1v) is 5.34. The van der Waals surface area contributed by atoms with Crippen LogP contribution in [0.1, 0.15) is 0 Å². The van der Waals surface area contributed by atoms with E-state index >= 15 is 0 Å². The topological polar surface area (TPSA) is 180 Å². The molecule has 0 aliphatic carbocycles. The molecule has 0 heterocycles. The molecule has 0 rings (SSSR count). The lowest BCUT2D eigenvalue weighted by Crippen LogP contribution is -2.51. The minimum Gasteiger partial charge on any atom is -0.566 e. The van der Waals surface area contributed by atoms with Crippen molar-refractivity contribution in [3.8, 4) is 0 Å². The SMILES string of the molecule is O=C(NO)[C@H](O)[C@@H](O)[C@H](O)[C@H](O)CO[P+](=O)[O-]. The van der Waals surface area contributed by atoms with E-state index in [9.17, 15) is 24.5 Å². The molecule has 0 bridgehead atoms. The lowest BCUT2D eigenvalue weighted by atomic mass is 10.0. The first-order chi connectivity index (χ1) is 7.81. The summed E-state index contributed by atoms with van der Waals surface area (Å²) < 4.78 is 13.9. The smallest absolute Gasteiger partial charge is 0.488 e. The van der Waals surface area contributed by atoms with Crippen molar-refractivity contribution < 1.29 is 44.4 Å². The van der Waals surface area contributed by atoms with Gasteiger partial charge in [-0.3, -0.25) is 10.0 Å². The van der Waals surface area contributed by atoms with Crippen molar-refractivity contribution in [1.29, 1.82) is 0 Å². The summed E-state index contributed by atoms with van der Waals surface area (Å²) in [7, 11) is -3.24. The molecule has 0 aliphatic rings. The van der Waals surface area contributed by atoms with Crippen molar-refractivity contribution in [1.82, 2.24) is 5.48 Å². The first kappa shape index (κ1) is 16.3. The standard InChI is InChI=1S/C6H12NO9P/c8-2(1-16-17(14)15)3(9)4(10)5(11)6(12)7-13/h2-5,8-11,13H,1H2,(H,7,12)/t2-,3-,4+,5-/m1/s1. The van der Waals surface area contributed by atoms with Gasteiger partial charge in [-0.2, -0.15) is 0 Å². The largest absolute Gasteiger partial charge is 0.566 e. The predicted molar refractivity (Wildman–Crippen MR) is 47.5 cm³/mol. The van der Waals surface area contributed by atoms with E-state index in [4.69, 9.17) is 15.4 Å². The van der Waals surface area contributed by atoms with E-state index in [-0.39, 0.29) is 0 Å². The highest BCUT2D eigenvalue weighted by molar-refractivity contribution is 7.30. The summed E-state index contributed by atoms with van der Waals surface area (Å²) >= 11 is 0. The Morgan fingerprint density at radius 1 is 1.29 bits per heavy atom. The van der Waals surface area contributed by atoms with Gasteiger partial charge in [0.05, 0.1) is 0 Å². The fraction of sp³-hybridized carbons (Fsp3) is 0.833. The molecule has 0 aliphatic heterocycles. The summed E-state index contributed by atoms with van der Waals surface area (Å²) in [6, 6.07) is 0. The van der Waals surface area contributed by atoms with Gasteiger partial charge in [-0.25, -0.2) is 5.48 Å². The van der Waals surface area contributed by atoms with Gasteiger partial charge in [0.1, 0.15) is 24.9 Å². The minimum absolute atomic E-state index is 0.857. The second-order valence-electron chi connectivity index (χ2n) is 2.99. The van der Waals surface area contributed by atoms with Gasteiger partial charge in [0.25, 0.3) is 5.91 Å². The highest BCUT2D eigenvalue weighted by atomic mass is 31.1. The molecule has 0 saturated carbocycles. The summed E-state index contributed by atoms with van der Waals surface area (Å²) in [5, 5.41) is 44.7. The molecule has 0 aromatic carbocycles. The Balaban J connectivity index is 4.32. The van der Waals surface area contributed by atoms with Crippen molar-refractivity contribution in [2.45, 2.75) is 24.4 Å². The third kappa shape index (κ3) is 5.44. The van der Waals surface area contributed by atoms with Crippen LogP contribution in [0.2, 0.25) is 0 Å². The highest BCUT2D eigenvalue weighted by Crippen LogP contribution is 2.12. The number of hydrogen-bond acceptors (Lipinski definition) is 9. The molecule has 1 amide bonds. The Labute approximate surface area is 96.0 Å². The van der Waals surface area contributed by atoms with Crippen molar-refractivity contribution in [2.24, 2.45) is 0 Å². The van der Waals surface area contributed by atoms with Crippen LogP contribution in [0.25, 0.3) is 0 Å². The number of carbonyl (C=O) groups excluding carboxylic acids is 1. The molecule has 11 heteroatoms. The second-order valence-corrected chi connectivity index (χ2v) is 3.69. The fourth-order valence-electron chi connectivity index (χ4n) is 0.871. The maximum absolute atomic E-state index is 10.7. The van der Waals surface area contributed by atoms with Gasteiger partial charge < -0.3 is 25.3 Å². The zero-order valence-electron chi connectivity index (χ0n) is 8.33. The number of carbonyl (C=O) groups is 1. The molecule has 0 saturated heterocycles. The van der Waals surface area contributed by atoms with E-state index in [2.05, 4.69) is 4.52 Å². The van der Waals surface area contributed by atoms with E-state index in [0.717, 1.165) is 5.48 Å². The lowest BCUT2D eigenvalue weighted by Gasteiger charge is -2.24. The van der Waals surface area contributed by atoms with Crippen LogP contribution in [0.15, 0.2) is 0 Å². The fourth-order valence-corrected chi connectivity index (χ4v) is 1.15. The summed E-state index contributed by atoms with van der Waals surface area (Å²) in [4.78, 5) is 20.7. The van der Waals surface area contributed by atoms with Crippen LogP contribution in [-0.2, 0) is 13.9 Å². The molecule has 10 nitrogen and oxygen atoms in total. The van der Waals surface area contributed by atoms with Crippen molar-refractivity contribution in [3.05, 3.63) is 0 Å². The van der Waals surface area contributed by atoms with Crippen LogP contribution in [0.5, 0.6) is 0 Å². The zero-order valence-corrected chi connectivity index (χ0v) is 9.23. The molecule has 1 unspecified atom stereocenters. The van der Waals surface area contributed by atoms with Gasteiger partial charge >= 0.3 is 8.25 Å². The van der Waals surface area contributed by atoms with Gasteiger partial charge in [-0.05, 0) is 4.57 Å². The van der Waals surface area contributed by atoms with Crippen LogP contribution in [0.4, 0.5) is 0 Å². The van der Waals surface area contributed by atoms with Crippen molar-refractivity contribution in [3.63, 3.8) is 0 Å². The molecule has 0 aromatic rings. The summed E-state index contributed by atoms with van der Waals surface area (Å²) in [5.41, 5.74) is 1.02. The number of hydrogen-bond donors (Lipinski definition) is 6. The maximum Gasteiger partial charge on any atom is 0.488 e. The molecule has 0 fully saturated rings. The van der Waals surface area contributed by atoms with E-state index in [1.54, 1.807) is 0 Å². The highest BCUT2D eigenvalue weighted by Gasteiger charge is 2.35. The van der Waals surface area contributed by atoms with E-state index < -0.39 is 45.2 Å². The number of amides is 1. The van der Waals surface area contributed by atoms with Crippen LogP contribution in [-0.4, -0.2) is 62.6 Å². The first-order valence-electron chi connectivity index (χ1n) is 4.24. The molecule has 6 N–H and O–H groups in total. The molecule has 0 spiro atoms. The summed E-state index contributed by atoms with van der Waals surface area (Å²) in [6.45, 7) is -0.857. The molecular weight excluding hydrogens is 261 g/mol. The van der Waals surface area contributed by atoms with E-state index in [1.807, 2.05) is 0 Å². The maximum atomic E-state index is 10.7. The van der Waals surface area contributed by atoms with Gasteiger partial charge in [-0.15, -0.1) is 4.52 Å². The summed E-state index contributed by atoms with van der Waals surface area (Å²) in [5.74, 6) is -1.40. The molecule has 100 valence electrons. The molecular formula is C6H12NO9P. The van der Waals surface area contributed by atoms with Crippen molar-refractivity contribution in [2.75, 3.05) is 6.61 Å². The Bertz CT molecular complexity index is 274. The van der Waals surface area contributed by atoms with Gasteiger partial charge in [-0.1, -0.05) is 0 Å². The Kier molecular flexibility index (Phi) is 7.27. The van der Waals surface area contributed by atoms with E-state index in [0.29, 0.717) is 0 Å². The van der Waals surface area contributed by atoms with Crippen molar-refractivity contribution >= 4 is 14.2 Å². The van der Waals surface area contributed by atoms with Gasteiger partial charge in [0.15, 0.2) is 6.10 Å². The van der Waals surface area contributed by atoms with Crippen LogP contribution in [0, 0.1) is 0 Å². The normalized spacial score (nSPS) is 19.1. The van der Waals surface area contributed by atoms with Gasteiger partial charge in [0.2, 0.25) is 0 Å². The lowest BCUT2D eigenvalue weighted by molar-refractivity contribution is -0.190. The number of aliphatic hydroxyl groups excluding tert-OH is 4. The number of nitrogens with one attached hydrogen (secondary N) is 1. The second kappa shape index (κ2) is 7.58. The predicted octanol–water partition coefficient (Wildman–Crippen LogP) is -4.03. The Morgan fingerprint density at radius 2 is 1.82 bits per heavy atom. The Hall–Kier alpha value is -0.710. The molecule has 0 radical (unpaired) electrons. The molecule has 17 heavy (non-hydrogen) atoms. The van der Waals surface area contributed by atoms with Gasteiger partial charge in [0, 0.05) is 0 Å². The van der Waals surface area contributed by atoms with Crippen LogP contribution >= 0.6 is 8.25 Å². The quantitative estimate of drug-likeness (QED) is 0.153. The molecule has 0 aromatic heterocycles. The number of aliphatic hydroxyl groups is 4. The number of hydroxylamine groups is 1. The Morgan fingerprint density at radius 3 is 2.24 bits per heavy atom. The third-order valence-electron chi connectivity index (χ3n) is 1.80. The van der Waals surface area contributed by atoms with E-state index in [1.165, 1.54) is 0 Å². The zero-order chi connectivity index (χ0) is 13.6. The number of rotatable bonds is 7. The third-order valence-corrected chi connectivity index (χ3v) is 2.16. The molecule has 5 atom stereocenters. The summed E-state index contributed by atoms with van der Waals surface area (Å²) in [6.07, 6.45) is -8.23. The monoisotopic (exact) mass is 273 g/mol. The van der Waals surface area contributed by atoms with Crippen LogP contribution in [0.3, 0.4) is 0 Å². The average molecular weight is 273 g/mol.